The highest BCUT2D eigenvalue weighted by atomic mass is 14.9. The Morgan fingerprint density at radius 3 is 2.88 bits per heavy atom. The molecule has 1 aromatic carbocycles. The minimum atomic E-state index is 0.178. The zero-order valence-corrected chi connectivity index (χ0v) is 10.1. The van der Waals surface area contributed by atoms with Crippen molar-refractivity contribution in [1.29, 1.82) is 0 Å². The van der Waals surface area contributed by atoms with Gasteiger partial charge in [0.05, 0.1) is 0 Å². The molecular formula is C14H22N2. The van der Waals surface area contributed by atoms with Crippen molar-refractivity contribution in [2.24, 2.45) is 5.73 Å². The molecule has 2 unspecified atom stereocenters. The van der Waals surface area contributed by atoms with Gasteiger partial charge in [-0.15, -0.1) is 0 Å². The second-order valence-electron chi connectivity index (χ2n) is 4.85. The molecule has 0 amide bonds. The van der Waals surface area contributed by atoms with Gasteiger partial charge in [-0.05, 0) is 43.9 Å². The normalized spacial score (nSPS) is 23.0. The summed E-state index contributed by atoms with van der Waals surface area (Å²) >= 11 is 0. The van der Waals surface area contributed by atoms with E-state index in [1.165, 1.54) is 30.4 Å². The summed E-state index contributed by atoms with van der Waals surface area (Å²) in [5, 5.41) is 3.56. The molecule has 2 heteroatoms. The minimum Gasteiger partial charge on any atom is -0.324 e. The summed E-state index contributed by atoms with van der Waals surface area (Å²) in [7, 11) is 0. The summed E-state index contributed by atoms with van der Waals surface area (Å²) in [6.45, 7) is 3.30. The molecule has 1 aromatic rings. The van der Waals surface area contributed by atoms with E-state index in [1.54, 1.807) is 0 Å². The minimum absolute atomic E-state index is 0.178. The van der Waals surface area contributed by atoms with Gasteiger partial charge in [-0.2, -0.15) is 0 Å². The average molecular weight is 218 g/mol. The molecule has 2 atom stereocenters. The van der Waals surface area contributed by atoms with E-state index in [1.807, 2.05) is 0 Å². The first kappa shape index (κ1) is 11.6. The smallest absolute Gasteiger partial charge is 0.0312 e. The zero-order chi connectivity index (χ0) is 11.4. The van der Waals surface area contributed by atoms with E-state index in [0.717, 1.165) is 13.0 Å². The Morgan fingerprint density at radius 1 is 1.38 bits per heavy atom. The van der Waals surface area contributed by atoms with Crippen LogP contribution in [0.15, 0.2) is 24.3 Å². The zero-order valence-electron chi connectivity index (χ0n) is 10.1. The van der Waals surface area contributed by atoms with Crippen LogP contribution in [0.25, 0.3) is 0 Å². The molecule has 1 saturated heterocycles. The van der Waals surface area contributed by atoms with Crippen LogP contribution in [0, 0.1) is 6.92 Å². The van der Waals surface area contributed by atoms with Crippen LogP contribution in [0.2, 0.25) is 0 Å². The van der Waals surface area contributed by atoms with Gasteiger partial charge < -0.3 is 11.1 Å². The fraction of sp³-hybridized carbons (Fsp3) is 0.571. The molecule has 0 spiro atoms. The maximum absolute atomic E-state index is 6.29. The SMILES string of the molecule is Cc1ccccc1C(N)CC1CCCCN1. The van der Waals surface area contributed by atoms with Crippen molar-refractivity contribution in [2.45, 2.75) is 44.7 Å². The van der Waals surface area contributed by atoms with Gasteiger partial charge in [0.15, 0.2) is 0 Å². The van der Waals surface area contributed by atoms with Gasteiger partial charge in [0, 0.05) is 12.1 Å². The van der Waals surface area contributed by atoms with E-state index in [9.17, 15) is 0 Å². The van der Waals surface area contributed by atoms with Gasteiger partial charge in [0.2, 0.25) is 0 Å². The van der Waals surface area contributed by atoms with E-state index in [-0.39, 0.29) is 6.04 Å². The maximum atomic E-state index is 6.29. The Labute approximate surface area is 98.2 Å². The molecular weight excluding hydrogens is 196 g/mol. The van der Waals surface area contributed by atoms with Gasteiger partial charge in [0.25, 0.3) is 0 Å². The molecule has 1 heterocycles. The Balaban J connectivity index is 1.96. The Hall–Kier alpha value is -0.860. The first-order valence-electron chi connectivity index (χ1n) is 6.32. The van der Waals surface area contributed by atoms with Crippen LogP contribution in [-0.2, 0) is 0 Å². The molecule has 3 N–H and O–H groups in total. The lowest BCUT2D eigenvalue weighted by atomic mass is 9.93. The van der Waals surface area contributed by atoms with Crippen molar-refractivity contribution in [3.8, 4) is 0 Å². The summed E-state index contributed by atoms with van der Waals surface area (Å²) in [5.74, 6) is 0. The average Bonchev–Trinajstić information content (AvgIpc) is 2.31. The highest BCUT2D eigenvalue weighted by Gasteiger charge is 2.17. The van der Waals surface area contributed by atoms with E-state index in [0.29, 0.717) is 6.04 Å². The third-order valence-electron chi connectivity index (χ3n) is 3.54. The number of hydrogen-bond donors (Lipinski definition) is 2. The highest BCUT2D eigenvalue weighted by Crippen LogP contribution is 2.22. The Bertz CT molecular complexity index is 329. The molecule has 2 rings (SSSR count). The molecule has 1 aliphatic heterocycles. The van der Waals surface area contributed by atoms with E-state index >= 15 is 0 Å². The van der Waals surface area contributed by atoms with Crippen LogP contribution in [0.1, 0.15) is 42.9 Å². The maximum Gasteiger partial charge on any atom is 0.0312 e. The second-order valence-corrected chi connectivity index (χ2v) is 4.85. The van der Waals surface area contributed by atoms with Crippen molar-refractivity contribution in [2.75, 3.05) is 6.54 Å². The highest BCUT2D eigenvalue weighted by molar-refractivity contribution is 5.28. The van der Waals surface area contributed by atoms with E-state index in [2.05, 4.69) is 36.5 Å². The molecule has 16 heavy (non-hydrogen) atoms. The summed E-state index contributed by atoms with van der Waals surface area (Å²) in [6, 6.07) is 9.24. The molecule has 0 aliphatic carbocycles. The summed E-state index contributed by atoms with van der Waals surface area (Å²) in [6.07, 6.45) is 5.00. The molecule has 2 nitrogen and oxygen atoms in total. The van der Waals surface area contributed by atoms with Gasteiger partial charge in [0.1, 0.15) is 0 Å². The van der Waals surface area contributed by atoms with E-state index < -0.39 is 0 Å². The fourth-order valence-electron chi connectivity index (χ4n) is 2.56. The number of hydrogen-bond acceptors (Lipinski definition) is 2. The van der Waals surface area contributed by atoms with Crippen molar-refractivity contribution >= 4 is 0 Å². The van der Waals surface area contributed by atoms with Crippen molar-refractivity contribution in [3.05, 3.63) is 35.4 Å². The van der Waals surface area contributed by atoms with Crippen LogP contribution in [0.5, 0.6) is 0 Å². The second kappa shape index (κ2) is 5.46. The lowest BCUT2D eigenvalue weighted by Crippen LogP contribution is -2.36. The van der Waals surface area contributed by atoms with Crippen molar-refractivity contribution in [3.63, 3.8) is 0 Å². The first-order chi connectivity index (χ1) is 7.77. The number of nitrogens with one attached hydrogen (secondary N) is 1. The molecule has 88 valence electrons. The van der Waals surface area contributed by atoms with Crippen LogP contribution in [-0.4, -0.2) is 12.6 Å². The third kappa shape index (κ3) is 2.83. The molecule has 1 fully saturated rings. The number of piperidine rings is 1. The fourth-order valence-corrected chi connectivity index (χ4v) is 2.56. The first-order valence-corrected chi connectivity index (χ1v) is 6.32. The van der Waals surface area contributed by atoms with Crippen molar-refractivity contribution in [1.82, 2.24) is 5.32 Å². The quantitative estimate of drug-likeness (QED) is 0.818. The lowest BCUT2D eigenvalue weighted by molar-refractivity contribution is 0.362. The largest absolute Gasteiger partial charge is 0.324 e. The van der Waals surface area contributed by atoms with Gasteiger partial charge >= 0.3 is 0 Å². The standard InChI is InChI=1S/C14H22N2/c1-11-6-2-3-8-13(11)14(15)10-12-7-4-5-9-16-12/h2-3,6,8,12,14,16H,4-5,7,9-10,15H2,1H3. The van der Waals surface area contributed by atoms with Crippen LogP contribution in [0.3, 0.4) is 0 Å². The van der Waals surface area contributed by atoms with Crippen LogP contribution in [0.4, 0.5) is 0 Å². The Kier molecular flexibility index (Phi) is 3.97. The van der Waals surface area contributed by atoms with Crippen molar-refractivity contribution < 1.29 is 0 Å². The monoisotopic (exact) mass is 218 g/mol. The van der Waals surface area contributed by atoms with Gasteiger partial charge in [-0.25, -0.2) is 0 Å². The molecule has 0 bridgehead atoms. The predicted molar refractivity (Wildman–Crippen MR) is 68.4 cm³/mol. The number of nitrogens with two attached hydrogens (primary N) is 1. The molecule has 0 aromatic heterocycles. The van der Waals surface area contributed by atoms with Crippen LogP contribution < -0.4 is 11.1 Å². The predicted octanol–water partition coefficient (Wildman–Crippen LogP) is 2.53. The summed E-state index contributed by atoms with van der Waals surface area (Å²) < 4.78 is 0. The number of aryl methyl sites for hydroxylation is 1. The molecule has 0 saturated carbocycles. The lowest BCUT2D eigenvalue weighted by Gasteiger charge is -2.26. The summed E-state index contributed by atoms with van der Waals surface area (Å²) in [4.78, 5) is 0. The number of rotatable bonds is 3. The van der Waals surface area contributed by atoms with Gasteiger partial charge in [-0.1, -0.05) is 30.7 Å². The topological polar surface area (TPSA) is 38.0 Å². The van der Waals surface area contributed by atoms with E-state index in [4.69, 9.17) is 5.73 Å². The molecule has 1 aliphatic rings. The van der Waals surface area contributed by atoms with Crippen LogP contribution >= 0.6 is 0 Å². The summed E-state index contributed by atoms with van der Waals surface area (Å²) in [5.41, 5.74) is 8.90. The van der Waals surface area contributed by atoms with Gasteiger partial charge in [-0.3, -0.25) is 0 Å². The molecule has 0 radical (unpaired) electrons. The Morgan fingerprint density at radius 2 is 2.19 bits per heavy atom. The number of benzene rings is 1. The third-order valence-corrected chi connectivity index (χ3v) is 3.54.